The van der Waals surface area contributed by atoms with Gasteiger partial charge in [0.1, 0.15) is 11.5 Å². The molecular weight excluding hydrogens is 242 g/mol. The van der Waals surface area contributed by atoms with Crippen molar-refractivity contribution >= 4 is 11.7 Å². The van der Waals surface area contributed by atoms with Gasteiger partial charge in [0.05, 0.1) is 6.61 Å². The first-order valence-corrected chi connectivity index (χ1v) is 6.89. The summed E-state index contributed by atoms with van der Waals surface area (Å²) in [5, 5.41) is 3.20. The summed E-state index contributed by atoms with van der Waals surface area (Å²) in [7, 11) is 0. The Hall–Kier alpha value is -1.62. The Labute approximate surface area is 114 Å². The van der Waals surface area contributed by atoms with E-state index in [-0.39, 0.29) is 5.91 Å². The number of nitrogens with zero attached hydrogens (tertiary/aromatic N) is 2. The monoisotopic (exact) mass is 263 g/mol. The molecule has 0 radical (unpaired) electrons. The van der Waals surface area contributed by atoms with Gasteiger partial charge in [-0.05, 0) is 25.0 Å². The first-order valence-electron chi connectivity index (χ1n) is 6.89. The van der Waals surface area contributed by atoms with Gasteiger partial charge in [-0.2, -0.15) is 0 Å². The van der Waals surface area contributed by atoms with Crippen molar-refractivity contribution < 1.29 is 9.53 Å². The first kappa shape index (κ1) is 13.8. The summed E-state index contributed by atoms with van der Waals surface area (Å²) >= 11 is 0. The molecule has 0 bridgehead atoms. The van der Waals surface area contributed by atoms with E-state index in [9.17, 15) is 4.79 Å². The van der Waals surface area contributed by atoms with Crippen molar-refractivity contribution in [2.75, 3.05) is 38.2 Å². The molecule has 0 atom stereocenters. The number of nitrogens with one attached hydrogen (secondary N) is 1. The SMILES string of the molecule is CCCNc1cccc(C(=O)N2CCCOCC2)n1. The van der Waals surface area contributed by atoms with E-state index < -0.39 is 0 Å². The molecule has 19 heavy (non-hydrogen) atoms. The van der Waals surface area contributed by atoms with E-state index in [4.69, 9.17) is 4.74 Å². The van der Waals surface area contributed by atoms with Crippen LogP contribution in [0.5, 0.6) is 0 Å². The van der Waals surface area contributed by atoms with Crippen LogP contribution in [0.3, 0.4) is 0 Å². The minimum absolute atomic E-state index is 0.00866. The summed E-state index contributed by atoms with van der Waals surface area (Å²) in [5.41, 5.74) is 0.503. The molecule has 0 aliphatic carbocycles. The highest BCUT2D eigenvalue weighted by Crippen LogP contribution is 2.09. The molecule has 2 heterocycles. The quantitative estimate of drug-likeness (QED) is 0.899. The van der Waals surface area contributed by atoms with Crippen LogP contribution >= 0.6 is 0 Å². The molecule has 1 fully saturated rings. The lowest BCUT2D eigenvalue weighted by Crippen LogP contribution is -2.33. The van der Waals surface area contributed by atoms with Crippen molar-refractivity contribution in [2.45, 2.75) is 19.8 Å². The molecule has 1 N–H and O–H groups in total. The lowest BCUT2D eigenvalue weighted by atomic mass is 10.3. The molecule has 104 valence electrons. The van der Waals surface area contributed by atoms with Gasteiger partial charge in [0, 0.05) is 26.2 Å². The van der Waals surface area contributed by atoms with E-state index in [1.165, 1.54) is 0 Å². The van der Waals surface area contributed by atoms with E-state index >= 15 is 0 Å². The number of carbonyl (C=O) groups is 1. The van der Waals surface area contributed by atoms with Gasteiger partial charge < -0.3 is 15.0 Å². The lowest BCUT2D eigenvalue weighted by molar-refractivity contribution is 0.0735. The number of anilines is 1. The van der Waals surface area contributed by atoms with Crippen molar-refractivity contribution in [1.82, 2.24) is 9.88 Å². The zero-order chi connectivity index (χ0) is 13.5. The molecule has 1 aromatic rings. The van der Waals surface area contributed by atoms with E-state index in [0.29, 0.717) is 18.8 Å². The van der Waals surface area contributed by atoms with Crippen LogP contribution < -0.4 is 5.32 Å². The standard InChI is InChI=1S/C14H21N3O2/c1-2-7-15-13-6-3-5-12(16-13)14(18)17-8-4-10-19-11-9-17/h3,5-6H,2,4,7-11H2,1H3,(H,15,16). The molecule has 0 saturated carbocycles. The Balaban J connectivity index is 2.04. The maximum Gasteiger partial charge on any atom is 0.272 e. The lowest BCUT2D eigenvalue weighted by Gasteiger charge is -2.19. The molecule has 1 saturated heterocycles. The second kappa shape index (κ2) is 7.09. The van der Waals surface area contributed by atoms with Gasteiger partial charge in [-0.15, -0.1) is 0 Å². The van der Waals surface area contributed by atoms with E-state index in [0.717, 1.165) is 38.4 Å². The number of hydrogen-bond donors (Lipinski definition) is 1. The Bertz CT molecular complexity index is 415. The summed E-state index contributed by atoms with van der Waals surface area (Å²) < 4.78 is 5.36. The molecule has 0 aromatic carbocycles. The van der Waals surface area contributed by atoms with Gasteiger partial charge >= 0.3 is 0 Å². The highest BCUT2D eigenvalue weighted by atomic mass is 16.5. The summed E-state index contributed by atoms with van der Waals surface area (Å²) in [5.74, 6) is 0.754. The number of carbonyl (C=O) groups excluding carboxylic acids is 1. The molecule has 1 aliphatic heterocycles. The second-order valence-electron chi connectivity index (χ2n) is 4.59. The molecule has 5 nitrogen and oxygen atoms in total. The van der Waals surface area contributed by atoms with Crippen molar-refractivity contribution in [1.29, 1.82) is 0 Å². The molecule has 2 rings (SSSR count). The maximum atomic E-state index is 12.4. The average Bonchev–Trinajstić information content (AvgIpc) is 2.73. The van der Waals surface area contributed by atoms with Crippen LogP contribution in [-0.4, -0.2) is 48.6 Å². The Morgan fingerprint density at radius 3 is 3.16 bits per heavy atom. The summed E-state index contributed by atoms with van der Waals surface area (Å²) in [6.45, 7) is 5.69. The number of rotatable bonds is 4. The zero-order valence-electron chi connectivity index (χ0n) is 11.4. The Kier molecular flexibility index (Phi) is 5.15. The maximum absolute atomic E-state index is 12.4. The predicted molar refractivity (Wildman–Crippen MR) is 74.4 cm³/mol. The van der Waals surface area contributed by atoms with Gasteiger partial charge in [0.25, 0.3) is 5.91 Å². The molecule has 0 spiro atoms. The topological polar surface area (TPSA) is 54.5 Å². The molecular formula is C14H21N3O2. The van der Waals surface area contributed by atoms with Gasteiger partial charge in [0.2, 0.25) is 0 Å². The van der Waals surface area contributed by atoms with Crippen LogP contribution in [0.4, 0.5) is 5.82 Å². The number of pyridine rings is 1. The second-order valence-corrected chi connectivity index (χ2v) is 4.59. The third-order valence-corrected chi connectivity index (χ3v) is 3.03. The third-order valence-electron chi connectivity index (χ3n) is 3.03. The van der Waals surface area contributed by atoms with Crippen LogP contribution in [0, 0.1) is 0 Å². The fourth-order valence-corrected chi connectivity index (χ4v) is 2.02. The normalized spacial score (nSPS) is 15.9. The van der Waals surface area contributed by atoms with Crippen molar-refractivity contribution in [3.63, 3.8) is 0 Å². The molecule has 5 heteroatoms. The van der Waals surface area contributed by atoms with Crippen LogP contribution in [0.25, 0.3) is 0 Å². The van der Waals surface area contributed by atoms with Crippen molar-refractivity contribution in [3.8, 4) is 0 Å². The number of aromatic nitrogens is 1. The van der Waals surface area contributed by atoms with Crippen LogP contribution in [0.15, 0.2) is 18.2 Å². The van der Waals surface area contributed by atoms with Gasteiger partial charge in [-0.25, -0.2) is 4.98 Å². The molecule has 1 aliphatic rings. The van der Waals surface area contributed by atoms with E-state index in [1.54, 1.807) is 6.07 Å². The Morgan fingerprint density at radius 1 is 1.42 bits per heavy atom. The summed E-state index contributed by atoms with van der Waals surface area (Å²) in [4.78, 5) is 18.5. The highest BCUT2D eigenvalue weighted by Gasteiger charge is 2.18. The van der Waals surface area contributed by atoms with Crippen molar-refractivity contribution in [2.24, 2.45) is 0 Å². The van der Waals surface area contributed by atoms with Gasteiger partial charge in [-0.3, -0.25) is 4.79 Å². The molecule has 1 amide bonds. The molecule has 0 unspecified atom stereocenters. The van der Waals surface area contributed by atoms with E-state index in [2.05, 4.69) is 17.2 Å². The number of ether oxygens (including phenoxy) is 1. The minimum Gasteiger partial charge on any atom is -0.380 e. The van der Waals surface area contributed by atoms with Crippen LogP contribution in [-0.2, 0) is 4.74 Å². The third kappa shape index (κ3) is 3.92. The zero-order valence-corrected chi connectivity index (χ0v) is 11.4. The number of amides is 1. The summed E-state index contributed by atoms with van der Waals surface area (Å²) in [6.07, 6.45) is 1.92. The van der Waals surface area contributed by atoms with Crippen LogP contribution in [0.1, 0.15) is 30.3 Å². The Morgan fingerprint density at radius 2 is 2.32 bits per heavy atom. The largest absolute Gasteiger partial charge is 0.380 e. The van der Waals surface area contributed by atoms with Gasteiger partial charge in [0.15, 0.2) is 0 Å². The fraction of sp³-hybridized carbons (Fsp3) is 0.571. The predicted octanol–water partition coefficient (Wildman–Crippen LogP) is 1.77. The first-order chi connectivity index (χ1) is 9.31. The minimum atomic E-state index is -0.00866. The smallest absolute Gasteiger partial charge is 0.272 e. The van der Waals surface area contributed by atoms with Gasteiger partial charge in [-0.1, -0.05) is 13.0 Å². The van der Waals surface area contributed by atoms with Crippen molar-refractivity contribution in [3.05, 3.63) is 23.9 Å². The molecule has 1 aromatic heterocycles. The summed E-state index contributed by atoms with van der Waals surface area (Å²) in [6, 6.07) is 5.52. The average molecular weight is 263 g/mol. The van der Waals surface area contributed by atoms with E-state index in [1.807, 2.05) is 17.0 Å². The van der Waals surface area contributed by atoms with Crippen LogP contribution in [0.2, 0.25) is 0 Å². The highest BCUT2D eigenvalue weighted by molar-refractivity contribution is 5.92. The number of hydrogen-bond acceptors (Lipinski definition) is 4. The fourth-order valence-electron chi connectivity index (χ4n) is 2.02.